The summed E-state index contributed by atoms with van der Waals surface area (Å²) in [5, 5.41) is 14.5. The third-order valence-corrected chi connectivity index (χ3v) is 0.379. The van der Waals surface area contributed by atoms with Crippen LogP contribution in [0.1, 0.15) is 0 Å². The number of azo groups is 1. The fourth-order valence-corrected chi connectivity index (χ4v) is 0.181. The third kappa shape index (κ3) is 0.414. The summed E-state index contributed by atoms with van der Waals surface area (Å²) < 4.78 is 0. The highest BCUT2D eigenvalue weighted by atomic mass is 16.3. The zero-order valence-electron chi connectivity index (χ0n) is 2.87. The van der Waals surface area contributed by atoms with E-state index in [1.54, 1.807) is 0 Å². The molecule has 1 unspecified atom stereocenters. The summed E-state index contributed by atoms with van der Waals surface area (Å²) in [5.41, 5.74) is 0. The molecular formula is C2H2N3O. The summed E-state index contributed by atoms with van der Waals surface area (Å²) in [7, 11) is 0. The molecule has 0 spiro atoms. The third-order valence-electron chi connectivity index (χ3n) is 0.379. The van der Waals surface area contributed by atoms with Crippen LogP contribution in [0.15, 0.2) is 15.2 Å². The van der Waals surface area contributed by atoms with Gasteiger partial charge in [0.15, 0.2) is 0 Å². The highest BCUT2D eigenvalue weighted by molar-refractivity contribution is 5.55. The van der Waals surface area contributed by atoms with Gasteiger partial charge < -0.3 is 5.11 Å². The van der Waals surface area contributed by atoms with Crippen LogP contribution in [0.5, 0.6) is 0 Å². The zero-order valence-corrected chi connectivity index (χ0v) is 2.87. The fraction of sp³-hybridized carbons (Fsp3) is 0.500. The van der Waals surface area contributed by atoms with Crippen LogP contribution >= 0.6 is 0 Å². The SMILES string of the molecule is OC1N=[C]N=N1. The van der Waals surface area contributed by atoms with Crippen LogP contribution < -0.4 is 0 Å². The number of hydrogen-bond donors (Lipinski definition) is 1. The predicted molar refractivity (Wildman–Crippen MR) is 18.3 cm³/mol. The van der Waals surface area contributed by atoms with E-state index in [4.69, 9.17) is 5.11 Å². The first-order chi connectivity index (χ1) is 2.89. The summed E-state index contributed by atoms with van der Waals surface area (Å²) in [4.78, 5) is 3.21. The highest BCUT2D eigenvalue weighted by Gasteiger charge is 1.97. The molecule has 1 aliphatic heterocycles. The average Bonchev–Trinajstić information content (AvgIpc) is 1.86. The summed E-state index contributed by atoms with van der Waals surface area (Å²) in [6.45, 7) is 0. The maximum absolute atomic E-state index is 8.24. The Kier molecular flexibility index (Phi) is 0.648. The van der Waals surface area contributed by atoms with Gasteiger partial charge in [-0.05, 0) is 0 Å². The number of aliphatic hydroxyl groups is 1. The Labute approximate surface area is 34.2 Å². The van der Waals surface area contributed by atoms with Crippen molar-refractivity contribution in [2.24, 2.45) is 15.2 Å². The van der Waals surface area contributed by atoms with Gasteiger partial charge in [-0.3, -0.25) is 0 Å². The minimum Gasteiger partial charge on any atom is -0.353 e. The van der Waals surface area contributed by atoms with E-state index in [0.29, 0.717) is 0 Å². The Morgan fingerprint density at radius 2 is 2.50 bits per heavy atom. The minimum atomic E-state index is -0.981. The number of aliphatic imine (C=N–C) groups is 1. The quantitative estimate of drug-likeness (QED) is 0.428. The van der Waals surface area contributed by atoms with Crippen molar-refractivity contribution in [3.8, 4) is 0 Å². The summed E-state index contributed by atoms with van der Waals surface area (Å²) in [5.74, 6) is 0. The molecule has 0 aromatic heterocycles. The van der Waals surface area contributed by atoms with Crippen molar-refractivity contribution in [3.63, 3.8) is 0 Å². The van der Waals surface area contributed by atoms with Crippen LogP contribution in [0.25, 0.3) is 0 Å². The number of nitrogens with zero attached hydrogens (tertiary/aromatic N) is 3. The number of hydrogen-bond acceptors (Lipinski definition) is 4. The van der Waals surface area contributed by atoms with Gasteiger partial charge >= 0.3 is 0 Å². The van der Waals surface area contributed by atoms with Crippen LogP contribution in [0.2, 0.25) is 0 Å². The molecule has 0 amide bonds. The maximum atomic E-state index is 8.24. The van der Waals surface area contributed by atoms with Gasteiger partial charge in [0.05, 0.1) is 0 Å². The Balaban J connectivity index is 2.60. The van der Waals surface area contributed by atoms with Gasteiger partial charge in [0.2, 0.25) is 6.34 Å². The maximum Gasteiger partial charge on any atom is 0.264 e. The van der Waals surface area contributed by atoms with E-state index >= 15 is 0 Å². The second-order valence-corrected chi connectivity index (χ2v) is 0.791. The van der Waals surface area contributed by atoms with E-state index in [1.807, 2.05) is 0 Å². The van der Waals surface area contributed by atoms with Crippen molar-refractivity contribution >= 4 is 6.34 Å². The molecular weight excluding hydrogens is 82.0 g/mol. The lowest BCUT2D eigenvalue weighted by Gasteiger charge is -1.80. The first-order valence-corrected chi connectivity index (χ1v) is 1.42. The topological polar surface area (TPSA) is 57.3 Å². The van der Waals surface area contributed by atoms with Crippen LogP contribution in [0.3, 0.4) is 0 Å². The van der Waals surface area contributed by atoms with E-state index in [1.165, 1.54) is 0 Å². The molecule has 1 radical (unpaired) electrons. The molecule has 0 fully saturated rings. The van der Waals surface area contributed by atoms with E-state index in [-0.39, 0.29) is 0 Å². The van der Waals surface area contributed by atoms with Gasteiger partial charge in [-0.2, -0.15) is 0 Å². The van der Waals surface area contributed by atoms with Crippen molar-refractivity contribution < 1.29 is 5.11 Å². The Morgan fingerprint density at radius 1 is 1.67 bits per heavy atom. The molecule has 1 heterocycles. The molecule has 4 nitrogen and oxygen atoms in total. The lowest BCUT2D eigenvalue weighted by Crippen LogP contribution is -1.89. The molecule has 31 valence electrons. The molecule has 1 N–H and O–H groups in total. The Morgan fingerprint density at radius 3 is 2.67 bits per heavy atom. The first kappa shape index (κ1) is 3.42. The minimum absolute atomic E-state index is 0.981. The van der Waals surface area contributed by atoms with Gasteiger partial charge in [-0.25, -0.2) is 4.99 Å². The lowest BCUT2D eigenvalue weighted by molar-refractivity contribution is 0.194. The van der Waals surface area contributed by atoms with E-state index < -0.39 is 6.35 Å². The molecule has 1 rings (SSSR count). The normalized spacial score (nSPS) is 29.2. The van der Waals surface area contributed by atoms with Crippen molar-refractivity contribution in [3.05, 3.63) is 0 Å². The van der Waals surface area contributed by atoms with Crippen molar-refractivity contribution in [1.29, 1.82) is 0 Å². The largest absolute Gasteiger partial charge is 0.353 e. The molecule has 0 aromatic rings. The van der Waals surface area contributed by atoms with E-state index in [0.717, 1.165) is 0 Å². The number of aliphatic hydroxyl groups excluding tert-OH is 1. The molecule has 6 heavy (non-hydrogen) atoms. The van der Waals surface area contributed by atoms with Crippen molar-refractivity contribution in [2.45, 2.75) is 6.35 Å². The summed E-state index contributed by atoms with van der Waals surface area (Å²) in [6.07, 6.45) is 1.12. The molecule has 0 aliphatic carbocycles. The second kappa shape index (κ2) is 1.14. The van der Waals surface area contributed by atoms with Crippen molar-refractivity contribution in [1.82, 2.24) is 0 Å². The molecule has 0 aromatic carbocycles. The summed E-state index contributed by atoms with van der Waals surface area (Å²) in [6, 6.07) is 0. The summed E-state index contributed by atoms with van der Waals surface area (Å²) >= 11 is 0. The molecule has 0 saturated heterocycles. The Hall–Kier alpha value is -0.770. The second-order valence-electron chi connectivity index (χ2n) is 0.791. The molecule has 1 aliphatic rings. The van der Waals surface area contributed by atoms with Gasteiger partial charge in [0, 0.05) is 0 Å². The van der Waals surface area contributed by atoms with Crippen LogP contribution in [0, 0.1) is 0 Å². The van der Waals surface area contributed by atoms with Crippen LogP contribution in [-0.4, -0.2) is 17.8 Å². The van der Waals surface area contributed by atoms with Gasteiger partial charge in [-0.1, -0.05) is 0 Å². The van der Waals surface area contributed by atoms with Crippen molar-refractivity contribution in [2.75, 3.05) is 0 Å². The smallest absolute Gasteiger partial charge is 0.264 e. The highest BCUT2D eigenvalue weighted by Crippen LogP contribution is 1.92. The molecule has 0 bridgehead atoms. The molecule has 4 heteroatoms. The predicted octanol–water partition coefficient (Wildman–Crippen LogP) is -0.367. The molecule has 0 saturated carbocycles. The zero-order chi connectivity index (χ0) is 4.41. The molecule has 1 atom stereocenters. The van der Waals surface area contributed by atoms with E-state index in [2.05, 4.69) is 21.6 Å². The van der Waals surface area contributed by atoms with Crippen LogP contribution in [0.4, 0.5) is 0 Å². The van der Waals surface area contributed by atoms with E-state index in [9.17, 15) is 0 Å². The first-order valence-electron chi connectivity index (χ1n) is 1.42. The Bertz CT molecular complexity index is 85.0. The standard InChI is InChI=1S/C2H2N3O/c6-2-3-1-4-5-2/h2,6H. The average molecular weight is 84.1 g/mol. The lowest BCUT2D eigenvalue weighted by atomic mass is 11.1. The monoisotopic (exact) mass is 84.0 g/mol. The van der Waals surface area contributed by atoms with Gasteiger partial charge in [0.25, 0.3) is 6.35 Å². The van der Waals surface area contributed by atoms with Gasteiger partial charge in [0.1, 0.15) is 0 Å². The fourth-order valence-electron chi connectivity index (χ4n) is 0.181. The van der Waals surface area contributed by atoms with Gasteiger partial charge in [-0.15, -0.1) is 10.2 Å². The number of rotatable bonds is 0. The van der Waals surface area contributed by atoms with Crippen LogP contribution in [-0.2, 0) is 0 Å².